The van der Waals surface area contributed by atoms with Crippen molar-refractivity contribution in [3.05, 3.63) is 34.7 Å². The molecule has 0 saturated carbocycles. The number of hydrogen-bond donors (Lipinski definition) is 0. The molecule has 0 aliphatic carbocycles. The van der Waals surface area contributed by atoms with Crippen molar-refractivity contribution in [2.75, 3.05) is 19.0 Å². The number of anilines is 1. The van der Waals surface area contributed by atoms with E-state index in [0.717, 1.165) is 5.69 Å². The Morgan fingerprint density at radius 1 is 1.20 bits per heavy atom. The number of nitrogens with zero attached hydrogens (tertiary/aromatic N) is 2. The zero-order valence-electron chi connectivity index (χ0n) is 12.5. The molecule has 4 nitrogen and oxygen atoms in total. The highest BCUT2D eigenvalue weighted by Gasteiger charge is 2.32. The van der Waals surface area contributed by atoms with Crippen LogP contribution < -0.4 is 4.90 Å². The Labute approximate surface area is 121 Å². The average Bonchev–Trinajstić information content (AvgIpc) is 2.34. The minimum absolute atomic E-state index is 0.206. The number of hydrogen-bond acceptors (Lipinski definition) is 4. The van der Waals surface area contributed by atoms with E-state index in [-0.39, 0.29) is 4.91 Å². The van der Waals surface area contributed by atoms with E-state index < -0.39 is 14.6 Å². The molecule has 0 amide bonds. The molecule has 1 rings (SSSR count). The molecule has 1 aromatic rings. The molecular formula is C15H20N2O2S. The molecule has 0 spiro atoms. The Kier molecular flexibility index (Phi) is 4.61. The monoisotopic (exact) mass is 292 g/mol. The Morgan fingerprint density at radius 3 is 2.05 bits per heavy atom. The van der Waals surface area contributed by atoms with Crippen molar-refractivity contribution < 1.29 is 8.42 Å². The largest absolute Gasteiger partial charge is 0.378 e. The summed E-state index contributed by atoms with van der Waals surface area (Å²) in [4.78, 5) is 1.74. The molecule has 0 saturated heterocycles. The first-order valence-electron chi connectivity index (χ1n) is 6.23. The first-order chi connectivity index (χ1) is 9.09. The predicted octanol–water partition coefficient (Wildman–Crippen LogP) is 2.83. The van der Waals surface area contributed by atoms with Gasteiger partial charge in [-0.15, -0.1) is 0 Å². The van der Waals surface area contributed by atoms with Crippen molar-refractivity contribution >= 4 is 21.6 Å². The van der Waals surface area contributed by atoms with Crippen LogP contribution in [0.1, 0.15) is 26.3 Å². The lowest BCUT2D eigenvalue weighted by molar-refractivity contribution is 0.568. The van der Waals surface area contributed by atoms with Gasteiger partial charge < -0.3 is 4.90 Å². The van der Waals surface area contributed by atoms with Crippen molar-refractivity contribution in [1.82, 2.24) is 0 Å². The molecule has 0 aliphatic rings. The van der Waals surface area contributed by atoms with Crippen molar-refractivity contribution in [2.45, 2.75) is 25.5 Å². The van der Waals surface area contributed by atoms with Gasteiger partial charge in [0.15, 0.2) is 9.84 Å². The van der Waals surface area contributed by atoms with Crippen LogP contribution in [0.15, 0.2) is 29.2 Å². The number of allylic oxidation sites excluding steroid dienone is 1. The van der Waals surface area contributed by atoms with E-state index in [1.807, 2.05) is 31.1 Å². The highest BCUT2D eigenvalue weighted by Crippen LogP contribution is 2.25. The van der Waals surface area contributed by atoms with Crippen molar-refractivity contribution in [1.29, 1.82) is 5.26 Å². The van der Waals surface area contributed by atoms with Gasteiger partial charge in [0, 0.05) is 19.8 Å². The van der Waals surface area contributed by atoms with Gasteiger partial charge >= 0.3 is 0 Å². The molecule has 0 heterocycles. The van der Waals surface area contributed by atoms with Gasteiger partial charge in [-0.3, -0.25) is 0 Å². The van der Waals surface area contributed by atoms with Crippen LogP contribution in [0, 0.1) is 11.3 Å². The van der Waals surface area contributed by atoms with Gasteiger partial charge in [0.2, 0.25) is 0 Å². The molecule has 0 unspecified atom stereocenters. The van der Waals surface area contributed by atoms with E-state index in [1.54, 1.807) is 39.0 Å². The lowest BCUT2D eigenvalue weighted by Crippen LogP contribution is -2.28. The molecule has 0 bridgehead atoms. The number of rotatable bonds is 3. The van der Waals surface area contributed by atoms with Crippen molar-refractivity contribution in [3.63, 3.8) is 0 Å². The van der Waals surface area contributed by atoms with Crippen LogP contribution in [-0.4, -0.2) is 27.3 Å². The minimum atomic E-state index is -3.62. The summed E-state index contributed by atoms with van der Waals surface area (Å²) >= 11 is 0. The highest BCUT2D eigenvalue weighted by atomic mass is 32.2. The zero-order chi connectivity index (χ0) is 15.6. The molecule has 0 fully saturated rings. The number of nitriles is 1. The molecule has 5 heteroatoms. The Morgan fingerprint density at radius 2 is 1.70 bits per heavy atom. The number of benzene rings is 1. The quantitative estimate of drug-likeness (QED) is 0.804. The molecule has 0 N–H and O–H groups in total. The smallest absolute Gasteiger partial charge is 0.193 e. The van der Waals surface area contributed by atoms with Crippen LogP contribution >= 0.6 is 0 Å². The van der Waals surface area contributed by atoms with Crippen LogP contribution in [0.4, 0.5) is 5.69 Å². The third-order valence-electron chi connectivity index (χ3n) is 2.91. The molecule has 108 valence electrons. The summed E-state index contributed by atoms with van der Waals surface area (Å²) in [6.45, 7) is 4.76. The summed E-state index contributed by atoms with van der Waals surface area (Å²) in [5.41, 5.74) is 1.71. The Bertz CT molecular complexity index is 643. The summed E-state index contributed by atoms with van der Waals surface area (Å²) in [7, 11) is 0.229. The normalized spacial score (nSPS) is 12.9. The fraction of sp³-hybridized carbons (Fsp3) is 0.400. The standard InChI is InChI=1S/C15H20N2O2S/c1-15(2,3)20(18,19)14(11-16)10-12-6-8-13(9-7-12)17(4)5/h6-10H,1-5H3/b14-10-. The lowest BCUT2D eigenvalue weighted by Gasteiger charge is -2.18. The second-order valence-corrected chi connectivity index (χ2v) is 8.39. The van der Waals surface area contributed by atoms with E-state index in [4.69, 9.17) is 5.26 Å². The molecule has 0 aromatic heterocycles. The maximum atomic E-state index is 12.3. The summed E-state index contributed by atoms with van der Waals surface area (Å²) in [6, 6.07) is 9.15. The van der Waals surface area contributed by atoms with Gasteiger partial charge in [-0.05, 0) is 44.5 Å². The van der Waals surface area contributed by atoms with E-state index in [2.05, 4.69) is 0 Å². The van der Waals surface area contributed by atoms with Gasteiger partial charge in [0.05, 0.1) is 4.75 Å². The van der Waals surface area contributed by atoms with Gasteiger partial charge in [-0.2, -0.15) is 5.26 Å². The summed E-state index contributed by atoms with van der Waals surface area (Å²) in [5.74, 6) is 0. The average molecular weight is 292 g/mol. The predicted molar refractivity (Wildman–Crippen MR) is 83.0 cm³/mol. The fourth-order valence-electron chi connectivity index (χ4n) is 1.52. The second kappa shape index (κ2) is 5.68. The molecule has 0 radical (unpaired) electrons. The SMILES string of the molecule is CN(C)c1ccc(/C=C(/C#N)S(=O)(=O)C(C)(C)C)cc1. The maximum Gasteiger partial charge on any atom is 0.193 e. The van der Waals surface area contributed by atoms with Crippen LogP contribution in [0.25, 0.3) is 6.08 Å². The van der Waals surface area contributed by atoms with Crippen molar-refractivity contribution in [2.24, 2.45) is 0 Å². The topological polar surface area (TPSA) is 61.2 Å². The molecule has 1 aromatic carbocycles. The maximum absolute atomic E-state index is 12.3. The lowest BCUT2D eigenvalue weighted by atomic mass is 10.2. The third-order valence-corrected chi connectivity index (χ3v) is 5.31. The highest BCUT2D eigenvalue weighted by molar-refractivity contribution is 7.97. The van der Waals surface area contributed by atoms with Gasteiger partial charge in [-0.25, -0.2) is 8.42 Å². The number of sulfone groups is 1. The van der Waals surface area contributed by atoms with Crippen molar-refractivity contribution in [3.8, 4) is 6.07 Å². The second-order valence-electron chi connectivity index (χ2n) is 5.72. The van der Waals surface area contributed by atoms with Gasteiger partial charge in [-0.1, -0.05) is 12.1 Å². The van der Waals surface area contributed by atoms with Crippen LogP contribution in [0.5, 0.6) is 0 Å². The fourth-order valence-corrected chi connectivity index (χ4v) is 2.59. The van der Waals surface area contributed by atoms with Gasteiger partial charge in [0.25, 0.3) is 0 Å². The first kappa shape index (κ1) is 16.3. The molecule has 0 atom stereocenters. The van der Waals surface area contributed by atoms with Crippen LogP contribution in [-0.2, 0) is 9.84 Å². The summed E-state index contributed by atoms with van der Waals surface area (Å²) in [5, 5.41) is 9.12. The molecule has 0 aliphatic heterocycles. The minimum Gasteiger partial charge on any atom is -0.378 e. The molecule has 20 heavy (non-hydrogen) atoms. The van der Waals surface area contributed by atoms with Crippen LogP contribution in [0.3, 0.4) is 0 Å². The molecular weight excluding hydrogens is 272 g/mol. The Balaban J connectivity index is 3.24. The Hall–Kier alpha value is -1.80. The van der Waals surface area contributed by atoms with E-state index in [0.29, 0.717) is 5.56 Å². The van der Waals surface area contributed by atoms with E-state index in [9.17, 15) is 8.42 Å². The van der Waals surface area contributed by atoms with E-state index >= 15 is 0 Å². The summed E-state index contributed by atoms with van der Waals surface area (Å²) < 4.78 is 23.5. The summed E-state index contributed by atoms with van der Waals surface area (Å²) in [6.07, 6.45) is 1.42. The zero-order valence-corrected chi connectivity index (χ0v) is 13.3. The van der Waals surface area contributed by atoms with Gasteiger partial charge in [0.1, 0.15) is 11.0 Å². The third kappa shape index (κ3) is 3.40. The first-order valence-corrected chi connectivity index (χ1v) is 7.72. The van der Waals surface area contributed by atoms with E-state index in [1.165, 1.54) is 6.08 Å². The van der Waals surface area contributed by atoms with Crippen LogP contribution in [0.2, 0.25) is 0 Å².